The lowest BCUT2D eigenvalue weighted by atomic mass is 10.2. The topological polar surface area (TPSA) is 62.1 Å². The van der Waals surface area contributed by atoms with Crippen molar-refractivity contribution < 1.29 is 14.6 Å². The fourth-order valence-corrected chi connectivity index (χ4v) is 3.75. The lowest BCUT2D eigenvalue weighted by Crippen LogP contribution is -2.28. The van der Waals surface area contributed by atoms with Crippen molar-refractivity contribution in [3.63, 3.8) is 0 Å². The monoisotopic (exact) mass is 432 g/mol. The summed E-state index contributed by atoms with van der Waals surface area (Å²) in [6.07, 6.45) is 1.80. The number of carbonyl (C=O) groups excluding carboxylic acids is 1. The van der Waals surface area contributed by atoms with E-state index < -0.39 is 0 Å². The van der Waals surface area contributed by atoms with Gasteiger partial charge in [0.2, 0.25) is 0 Å². The van der Waals surface area contributed by atoms with Gasteiger partial charge in [-0.25, -0.2) is 0 Å². The van der Waals surface area contributed by atoms with Gasteiger partial charge in [0.1, 0.15) is 0 Å². The quantitative estimate of drug-likeness (QED) is 0.586. The number of likely N-dealkylation sites (N-methyl/N-ethyl adjacent to an activating group) is 1. The number of ether oxygens (including phenoxy) is 1. The van der Waals surface area contributed by atoms with E-state index in [-0.39, 0.29) is 11.7 Å². The summed E-state index contributed by atoms with van der Waals surface area (Å²) in [5.74, 6) is 0.463. The number of hydrogen-bond donors (Lipinski definition) is 1. The van der Waals surface area contributed by atoms with Crippen LogP contribution >= 0.6 is 34.4 Å². The summed E-state index contributed by atoms with van der Waals surface area (Å²) in [5, 5.41) is 10.6. The number of benzene rings is 1. The number of phenolic OH excluding ortho intramolecular Hbond substituents is 1. The highest BCUT2D eigenvalue weighted by molar-refractivity contribution is 14.1. The Kier molecular flexibility index (Phi) is 5.74. The third-order valence-electron chi connectivity index (χ3n) is 3.07. The summed E-state index contributed by atoms with van der Waals surface area (Å²) < 4.78 is 5.82. The molecule has 1 aliphatic heterocycles. The van der Waals surface area contributed by atoms with Crippen molar-refractivity contribution in [3.8, 4) is 11.5 Å². The van der Waals surface area contributed by atoms with E-state index in [0.717, 1.165) is 10.7 Å². The minimum Gasteiger partial charge on any atom is -0.504 e. The van der Waals surface area contributed by atoms with E-state index >= 15 is 0 Å². The van der Waals surface area contributed by atoms with Crippen LogP contribution in [0.3, 0.4) is 0 Å². The molecule has 1 aliphatic rings. The Morgan fingerprint density at radius 1 is 1.45 bits per heavy atom. The van der Waals surface area contributed by atoms with E-state index in [1.54, 1.807) is 17.0 Å². The molecular weight excluding hydrogens is 415 g/mol. The van der Waals surface area contributed by atoms with Crippen LogP contribution in [0.2, 0.25) is 0 Å². The van der Waals surface area contributed by atoms with Crippen molar-refractivity contribution in [3.05, 3.63) is 26.2 Å². The first-order chi connectivity index (χ1) is 10.5. The molecule has 0 aliphatic carbocycles. The zero-order valence-electron chi connectivity index (χ0n) is 12.6. The summed E-state index contributed by atoms with van der Waals surface area (Å²) in [4.78, 5) is 19.1. The molecule has 0 atom stereocenters. The lowest BCUT2D eigenvalue weighted by molar-refractivity contribution is -0.122. The third kappa shape index (κ3) is 3.40. The normalized spacial score (nSPS) is 18.5. The third-order valence-corrected chi connectivity index (χ3v) is 4.93. The number of nitrogens with zero attached hydrogens (tertiary/aromatic N) is 2. The standard InChI is InChI=1S/C15H17IN2O3S/c1-4-17-15-18(5-2)14(20)12(22-15)8-9-6-10(16)13(19)11(7-9)21-3/h6-8,19H,4-5H2,1-3H3/b12-8-,17-15?. The molecule has 1 saturated heterocycles. The molecule has 1 fully saturated rings. The first-order valence-corrected chi connectivity index (χ1v) is 8.73. The molecule has 22 heavy (non-hydrogen) atoms. The molecule has 1 heterocycles. The number of halogens is 1. The van der Waals surface area contributed by atoms with Crippen LogP contribution in [0, 0.1) is 3.57 Å². The van der Waals surface area contributed by atoms with Gasteiger partial charge < -0.3 is 9.84 Å². The van der Waals surface area contributed by atoms with Gasteiger partial charge in [-0.15, -0.1) is 0 Å². The van der Waals surface area contributed by atoms with Crippen LogP contribution in [0.15, 0.2) is 22.0 Å². The van der Waals surface area contributed by atoms with E-state index in [9.17, 15) is 9.90 Å². The van der Waals surface area contributed by atoms with Gasteiger partial charge in [-0.3, -0.25) is 14.7 Å². The number of rotatable bonds is 4. The molecule has 0 radical (unpaired) electrons. The molecule has 118 valence electrons. The Morgan fingerprint density at radius 2 is 2.18 bits per heavy atom. The Hall–Kier alpha value is -1.22. The minimum absolute atomic E-state index is 0.0400. The Balaban J connectivity index is 2.40. The smallest absolute Gasteiger partial charge is 0.266 e. The minimum atomic E-state index is -0.0400. The van der Waals surface area contributed by atoms with Crippen molar-refractivity contribution in [1.29, 1.82) is 0 Å². The zero-order chi connectivity index (χ0) is 16.3. The molecule has 1 amide bonds. The van der Waals surface area contributed by atoms with Gasteiger partial charge in [-0.2, -0.15) is 0 Å². The Bertz CT molecular complexity index is 658. The highest BCUT2D eigenvalue weighted by Crippen LogP contribution is 2.36. The van der Waals surface area contributed by atoms with Crippen molar-refractivity contribution in [2.24, 2.45) is 4.99 Å². The first-order valence-electron chi connectivity index (χ1n) is 6.84. The van der Waals surface area contributed by atoms with Gasteiger partial charge in [0.05, 0.1) is 15.6 Å². The summed E-state index contributed by atoms with van der Waals surface area (Å²) in [6, 6.07) is 3.52. The van der Waals surface area contributed by atoms with Gasteiger partial charge >= 0.3 is 0 Å². The fraction of sp³-hybridized carbons (Fsp3) is 0.333. The fourth-order valence-electron chi connectivity index (χ4n) is 2.02. The van der Waals surface area contributed by atoms with Crippen LogP contribution in [0.25, 0.3) is 6.08 Å². The summed E-state index contributed by atoms with van der Waals surface area (Å²) >= 11 is 3.41. The molecule has 0 aromatic heterocycles. The van der Waals surface area contributed by atoms with Crippen molar-refractivity contribution in [2.45, 2.75) is 13.8 Å². The summed E-state index contributed by atoms with van der Waals surface area (Å²) in [7, 11) is 1.50. The predicted octanol–water partition coefficient (Wildman–Crippen LogP) is 3.32. The number of hydrogen-bond acceptors (Lipinski definition) is 5. The second kappa shape index (κ2) is 7.36. The second-order valence-corrected chi connectivity index (χ2v) is 6.64. The van der Waals surface area contributed by atoms with E-state index in [1.807, 2.05) is 42.5 Å². The van der Waals surface area contributed by atoms with Crippen LogP contribution < -0.4 is 4.74 Å². The number of phenols is 1. The molecule has 2 rings (SSSR count). The van der Waals surface area contributed by atoms with Crippen molar-refractivity contribution in [2.75, 3.05) is 20.2 Å². The van der Waals surface area contributed by atoms with E-state index in [1.165, 1.54) is 18.9 Å². The number of aromatic hydroxyl groups is 1. The maximum Gasteiger partial charge on any atom is 0.266 e. The number of carbonyl (C=O) groups is 1. The van der Waals surface area contributed by atoms with Crippen LogP contribution in [-0.4, -0.2) is 41.3 Å². The summed E-state index contributed by atoms with van der Waals surface area (Å²) in [6.45, 7) is 5.11. The molecule has 5 nitrogen and oxygen atoms in total. The number of methoxy groups -OCH3 is 1. The Morgan fingerprint density at radius 3 is 2.77 bits per heavy atom. The molecule has 0 saturated carbocycles. The Labute approximate surface area is 147 Å². The molecule has 1 aromatic rings. The van der Waals surface area contributed by atoms with Gasteiger partial charge in [-0.05, 0) is 72.0 Å². The summed E-state index contributed by atoms with van der Waals surface area (Å²) in [5.41, 5.74) is 0.809. The van der Waals surface area contributed by atoms with Crippen molar-refractivity contribution in [1.82, 2.24) is 4.90 Å². The second-order valence-electron chi connectivity index (χ2n) is 4.47. The van der Waals surface area contributed by atoms with Gasteiger partial charge in [0.25, 0.3) is 5.91 Å². The maximum atomic E-state index is 12.4. The van der Waals surface area contributed by atoms with Gasteiger partial charge in [-0.1, -0.05) is 0 Å². The first kappa shape index (κ1) is 17.1. The average molecular weight is 432 g/mol. The molecule has 7 heteroatoms. The van der Waals surface area contributed by atoms with Crippen LogP contribution in [0.1, 0.15) is 19.4 Å². The number of aliphatic imine (C=N–C) groups is 1. The van der Waals surface area contributed by atoms with Crippen LogP contribution in [0.5, 0.6) is 11.5 Å². The molecule has 0 unspecified atom stereocenters. The molecule has 1 N–H and O–H groups in total. The van der Waals surface area contributed by atoms with Crippen LogP contribution in [0.4, 0.5) is 0 Å². The van der Waals surface area contributed by atoms with E-state index in [4.69, 9.17) is 4.74 Å². The van der Waals surface area contributed by atoms with Gasteiger partial charge in [0, 0.05) is 13.1 Å². The van der Waals surface area contributed by atoms with Crippen LogP contribution in [-0.2, 0) is 4.79 Å². The number of amides is 1. The molecule has 1 aromatic carbocycles. The molecular formula is C15H17IN2O3S. The average Bonchev–Trinajstić information content (AvgIpc) is 2.78. The zero-order valence-corrected chi connectivity index (χ0v) is 15.6. The lowest BCUT2D eigenvalue weighted by Gasteiger charge is -2.11. The highest BCUT2D eigenvalue weighted by atomic mass is 127. The molecule has 0 bridgehead atoms. The van der Waals surface area contributed by atoms with Crippen molar-refractivity contribution >= 4 is 51.5 Å². The highest BCUT2D eigenvalue weighted by Gasteiger charge is 2.31. The largest absolute Gasteiger partial charge is 0.504 e. The predicted molar refractivity (Wildman–Crippen MR) is 98.3 cm³/mol. The molecule has 0 spiro atoms. The van der Waals surface area contributed by atoms with E-state index in [0.29, 0.717) is 27.3 Å². The number of amidine groups is 1. The SMILES string of the molecule is CCN=C1S/C(=C\c2cc(I)c(O)c(OC)c2)C(=O)N1CC. The maximum absolute atomic E-state index is 12.4. The van der Waals surface area contributed by atoms with Gasteiger partial charge in [0.15, 0.2) is 16.7 Å². The van der Waals surface area contributed by atoms with E-state index in [2.05, 4.69) is 4.99 Å². The number of thioether (sulfide) groups is 1.